The van der Waals surface area contributed by atoms with E-state index in [1.807, 2.05) is 6.92 Å². The van der Waals surface area contributed by atoms with Gasteiger partial charge >= 0.3 is 0 Å². The Kier molecular flexibility index (Phi) is 2.53. The third kappa shape index (κ3) is 1.55. The Morgan fingerprint density at radius 1 is 1.82 bits per heavy atom. The van der Waals surface area contributed by atoms with Gasteiger partial charge in [0.1, 0.15) is 5.60 Å². The van der Waals surface area contributed by atoms with Gasteiger partial charge in [0.25, 0.3) is 0 Å². The maximum Gasteiger partial charge on any atom is 0.130 e. The second-order valence-electron chi connectivity index (χ2n) is 2.98. The van der Waals surface area contributed by atoms with E-state index in [0.717, 1.165) is 13.0 Å². The van der Waals surface area contributed by atoms with E-state index in [1.54, 1.807) is 0 Å². The van der Waals surface area contributed by atoms with Crippen molar-refractivity contribution in [1.82, 2.24) is 0 Å². The Balaban J connectivity index is 2.61. The van der Waals surface area contributed by atoms with E-state index in [0.29, 0.717) is 13.0 Å². The van der Waals surface area contributed by atoms with E-state index < -0.39 is 5.60 Å². The van der Waals surface area contributed by atoms with Gasteiger partial charge in [0.2, 0.25) is 0 Å². The van der Waals surface area contributed by atoms with E-state index in [4.69, 9.17) is 11.2 Å². The molecule has 0 saturated carbocycles. The zero-order chi connectivity index (χ0) is 8.32. The van der Waals surface area contributed by atoms with Crippen LogP contribution in [0, 0.1) is 18.3 Å². The molecule has 1 fully saturated rings. The molecule has 62 valence electrons. The summed E-state index contributed by atoms with van der Waals surface area (Å²) >= 11 is 0. The van der Waals surface area contributed by atoms with Gasteiger partial charge in [-0.25, -0.2) is 0 Å². The number of hydrogen-bond donors (Lipinski definition) is 1. The minimum absolute atomic E-state index is 0.137. The van der Waals surface area contributed by atoms with Crippen LogP contribution in [0.15, 0.2) is 0 Å². The van der Waals surface area contributed by atoms with Gasteiger partial charge in [-0.05, 0) is 12.8 Å². The molecule has 2 unspecified atom stereocenters. The van der Waals surface area contributed by atoms with Gasteiger partial charge in [-0.15, -0.1) is 6.42 Å². The Morgan fingerprint density at radius 2 is 2.55 bits per heavy atom. The Labute approximate surface area is 67.6 Å². The molecule has 1 aliphatic heterocycles. The summed E-state index contributed by atoms with van der Waals surface area (Å²) < 4.78 is 5.15. The van der Waals surface area contributed by atoms with Crippen molar-refractivity contribution in [3.63, 3.8) is 0 Å². The lowest BCUT2D eigenvalue weighted by molar-refractivity contribution is 0.0277. The van der Waals surface area contributed by atoms with E-state index in [9.17, 15) is 5.11 Å². The lowest BCUT2D eigenvalue weighted by atomic mass is 9.85. The second-order valence-corrected chi connectivity index (χ2v) is 2.98. The molecule has 2 heteroatoms. The Bertz CT molecular complexity index is 165. The summed E-state index contributed by atoms with van der Waals surface area (Å²) in [6.45, 7) is 3.24. The number of rotatable bonds is 2. The Hall–Kier alpha value is -0.520. The highest BCUT2D eigenvalue weighted by atomic mass is 16.5. The zero-order valence-corrected chi connectivity index (χ0v) is 6.84. The minimum Gasteiger partial charge on any atom is -0.381 e. The number of terminal acetylenes is 1. The quantitative estimate of drug-likeness (QED) is 0.596. The van der Waals surface area contributed by atoms with Gasteiger partial charge in [0.05, 0.1) is 6.61 Å². The van der Waals surface area contributed by atoms with Gasteiger partial charge in [-0.2, -0.15) is 0 Å². The van der Waals surface area contributed by atoms with Gasteiger partial charge < -0.3 is 9.84 Å². The fourth-order valence-electron chi connectivity index (χ4n) is 1.42. The molecule has 0 aromatic heterocycles. The van der Waals surface area contributed by atoms with Crippen LogP contribution in [-0.2, 0) is 4.74 Å². The van der Waals surface area contributed by atoms with Crippen molar-refractivity contribution >= 4 is 0 Å². The summed E-state index contributed by atoms with van der Waals surface area (Å²) in [5, 5.41) is 9.81. The molecule has 11 heavy (non-hydrogen) atoms. The SMILES string of the molecule is C#CC(O)(CC)C1CCOC1. The molecule has 0 bridgehead atoms. The molecule has 0 radical (unpaired) electrons. The van der Waals surface area contributed by atoms with Gasteiger partial charge in [0, 0.05) is 12.5 Å². The lowest BCUT2D eigenvalue weighted by Crippen LogP contribution is -2.35. The summed E-state index contributed by atoms with van der Waals surface area (Å²) in [7, 11) is 0. The highest BCUT2D eigenvalue weighted by Gasteiger charge is 2.35. The van der Waals surface area contributed by atoms with E-state index in [1.165, 1.54) is 0 Å². The molecule has 1 saturated heterocycles. The molecule has 1 heterocycles. The molecule has 2 atom stereocenters. The van der Waals surface area contributed by atoms with Gasteiger partial charge in [-0.1, -0.05) is 12.8 Å². The smallest absolute Gasteiger partial charge is 0.130 e. The molecule has 0 aliphatic carbocycles. The largest absolute Gasteiger partial charge is 0.381 e. The first kappa shape index (κ1) is 8.58. The molecular weight excluding hydrogens is 140 g/mol. The number of ether oxygens (including phenoxy) is 1. The zero-order valence-electron chi connectivity index (χ0n) is 6.84. The van der Waals surface area contributed by atoms with E-state index in [-0.39, 0.29) is 5.92 Å². The van der Waals surface area contributed by atoms with E-state index in [2.05, 4.69) is 5.92 Å². The number of aliphatic hydroxyl groups is 1. The first-order valence-electron chi connectivity index (χ1n) is 4.01. The summed E-state index contributed by atoms with van der Waals surface area (Å²) in [5.41, 5.74) is -0.934. The predicted molar refractivity (Wildman–Crippen MR) is 43.0 cm³/mol. The first-order valence-corrected chi connectivity index (χ1v) is 4.01. The topological polar surface area (TPSA) is 29.5 Å². The van der Waals surface area contributed by atoms with E-state index >= 15 is 0 Å². The summed E-state index contributed by atoms with van der Waals surface area (Å²) in [6.07, 6.45) is 6.73. The first-order chi connectivity index (χ1) is 5.23. The highest BCUT2D eigenvalue weighted by Crippen LogP contribution is 2.27. The monoisotopic (exact) mass is 154 g/mol. The molecule has 0 spiro atoms. The molecule has 0 aromatic rings. The summed E-state index contributed by atoms with van der Waals surface area (Å²) in [5.74, 6) is 2.58. The molecule has 1 N–H and O–H groups in total. The fourth-order valence-corrected chi connectivity index (χ4v) is 1.42. The van der Waals surface area contributed by atoms with Gasteiger partial charge in [0.15, 0.2) is 0 Å². The summed E-state index contributed by atoms with van der Waals surface area (Å²) in [4.78, 5) is 0. The average molecular weight is 154 g/mol. The normalized spacial score (nSPS) is 29.4. The van der Waals surface area contributed by atoms with Crippen molar-refractivity contribution in [2.75, 3.05) is 13.2 Å². The van der Waals surface area contributed by atoms with Crippen LogP contribution >= 0.6 is 0 Å². The predicted octanol–water partition coefficient (Wildman–Crippen LogP) is 0.797. The van der Waals surface area contributed by atoms with Crippen molar-refractivity contribution in [1.29, 1.82) is 0 Å². The lowest BCUT2D eigenvalue weighted by Gasteiger charge is -2.25. The molecule has 1 aliphatic rings. The minimum atomic E-state index is -0.934. The van der Waals surface area contributed by atoms with Crippen LogP contribution in [0.3, 0.4) is 0 Å². The standard InChI is InChI=1S/C9H14O2/c1-3-9(10,4-2)8-5-6-11-7-8/h1,8,10H,4-7H2,2H3. The average Bonchev–Trinajstić information content (AvgIpc) is 2.55. The van der Waals surface area contributed by atoms with Crippen LogP contribution < -0.4 is 0 Å². The van der Waals surface area contributed by atoms with Crippen LogP contribution in [0.1, 0.15) is 19.8 Å². The second kappa shape index (κ2) is 3.25. The van der Waals surface area contributed by atoms with Gasteiger partial charge in [-0.3, -0.25) is 0 Å². The van der Waals surface area contributed by atoms with Crippen molar-refractivity contribution < 1.29 is 9.84 Å². The molecule has 1 rings (SSSR count). The van der Waals surface area contributed by atoms with Crippen molar-refractivity contribution in [3.05, 3.63) is 0 Å². The van der Waals surface area contributed by atoms with Crippen molar-refractivity contribution in [2.24, 2.45) is 5.92 Å². The summed E-state index contributed by atoms with van der Waals surface area (Å²) in [6, 6.07) is 0. The van der Waals surface area contributed by atoms with Crippen LogP contribution in [0.25, 0.3) is 0 Å². The molecule has 0 aromatic carbocycles. The maximum absolute atomic E-state index is 9.81. The fraction of sp³-hybridized carbons (Fsp3) is 0.778. The third-order valence-corrected chi connectivity index (χ3v) is 2.39. The van der Waals surface area contributed by atoms with Crippen LogP contribution in [0.5, 0.6) is 0 Å². The van der Waals surface area contributed by atoms with Crippen molar-refractivity contribution in [2.45, 2.75) is 25.4 Å². The Morgan fingerprint density at radius 3 is 2.91 bits per heavy atom. The molecule has 2 nitrogen and oxygen atoms in total. The van der Waals surface area contributed by atoms with Crippen LogP contribution in [0.2, 0.25) is 0 Å². The third-order valence-electron chi connectivity index (χ3n) is 2.39. The van der Waals surface area contributed by atoms with Crippen LogP contribution in [0.4, 0.5) is 0 Å². The van der Waals surface area contributed by atoms with Crippen LogP contribution in [-0.4, -0.2) is 23.9 Å². The molecule has 0 amide bonds. The van der Waals surface area contributed by atoms with Crippen molar-refractivity contribution in [3.8, 4) is 12.3 Å². The number of hydrogen-bond acceptors (Lipinski definition) is 2. The maximum atomic E-state index is 9.81. The molecular formula is C9H14O2. The highest BCUT2D eigenvalue weighted by molar-refractivity contribution is 5.10.